The quantitative estimate of drug-likeness (QED) is 0.512. The molecular formula is C19H20FN3S. The number of aromatic nitrogens is 2. The molecule has 1 unspecified atom stereocenters. The molecule has 1 heterocycles. The molecule has 24 heavy (non-hydrogen) atoms. The lowest BCUT2D eigenvalue weighted by molar-refractivity contribution is 0.618. The van der Waals surface area contributed by atoms with E-state index in [9.17, 15) is 4.39 Å². The first-order chi connectivity index (χ1) is 11.7. The van der Waals surface area contributed by atoms with E-state index in [1.54, 1.807) is 6.20 Å². The van der Waals surface area contributed by atoms with Gasteiger partial charge < -0.3 is 10.3 Å². The third-order valence-electron chi connectivity index (χ3n) is 3.82. The molecule has 3 nitrogen and oxygen atoms in total. The number of imidazole rings is 1. The maximum atomic E-state index is 13.0. The van der Waals surface area contributed by atoms with Crippen LogP contribution in [0.5, 0.6) is 0 Å². The molecule has 2 N–H and O–H groups in total. The van der Waals surface area contributed by atoms with Gasteiger partial charge in [-0.1, -0.05) is 12.1 Å². The Balaban J connectivity index is 1.66. The highest BCUT2D eigenvalue weighted by molar-refractivity contribution is 8.00. The highest BCUT2D eigenvalue weighted by atomic mass is 32.2. The number of halogens is 1. The summed E-state index contributed by atoms with van der Waals surface area (Å²) in [6.07, 6.45) is 7.54. The van der Waals surface area contributed by atoms with Crippen LogP contribution in [0.3, 0.4) is 0 Å². The lowest BCUT2D eigenvalue weighted by atomic mass is 10.1. The maximum absolute atomic E-state index is 13.0. The average Bonchev–Trinajstić information content (AvgIpc) is 3.09. The molecule has 0 amide bonds. The Bertz CT molecular complexity index is 739. The summed E-state index contributed by atoms with van der Waals surface area (Å²) in [5.74, 6) is -0.190. The summed E-state index contributed by atoms with van der Waals surface area (Å²) in [6.45, 7) is 0.885. The Morgan fingerprint density at radius 1 is 1.08 bits per heavy atom. The second-order valence-corrected chi connectivity index (χ2v) is 7.11. The Morgan fingerprint density at radius 3 is 2.50 bits per heavy atom. The minimum Gasteiger partial charge on any atom is -0.399 e. The molecule has 0 spiro atoms. The molecule has 5 heteroatoms. The number of hydrogen-bond acceptors (Lipinski definition) is 3. The van der Waals surface area contributed by atoms with Crippen LogP contribution < -0.4 is 5.73 Å². The highest BCUT2D eigenvalue weighted by Crippen LogP contribution is 2.28. The highest BCUT2D eigenvalue weighted by Gasteiger charge is 2.12. The molecule has 3 aromatic rings. The molecule has 0 aliphatic heterocycles. The van der Waals surface area contributed by atoms with E-state index in [1.807, 2.05) is 48.6 Å². The first kappa shape index (κ1) is 16.6. The first-order valence-electron chi connectivity index (χ1n) is 7.91. The minimum absolute atomic E-state index is 0.190. The maximum Gasteiger partial charge on any atom is 0.123 e. The third-order valence-corrected chi connectivity index (χ3v) is 5.09. The number of nitrogens with two attached hydrogens (primary N) is 1. The summed E-state index contributed by atoms with van der Waals surface area (Å²) in [5.41, 5.74) is 7.69. The molecular weight excluding hydrogens is 321 g/mol. The predicted octanol–water partition coefficient (Wildman–Crippen LogP) is 4.40. The van der Waals surface area contributed by atoms with Gasteiger partial charge in [0.05, 0.1) is 6.33 Å². The Hall–Kier alpha value is -2.27. The molecule has 2 aromatic carbocycles. The van der Waals surface area contributed by atoms with Crippen LogP contribution in [0.25, 0.3) is 0 Å². The average molecular weight is 341 g/mol. The summed E-state index contributed by atoms with van der Waals surface area (Å²) in [7, 11) is 0. The molecule has 0 aliphatic rings. The van der Waals surface area contributed by atoms with E-state index in [0.717, 1.165) is 30.6 Å². The van der Waals surface area contributed by atoms with Gasteiger partial charge in [0.15, 0.2) is 0 Å². The summed E-state index contributed by atoms with van der Waals surface area (Å²) in [4.78, 5) is 5.32. The Labute approximate surface area is 145 Å². The number of benzene rings is 2. The smallest absolute Gasteiger partial charge is 0.123 e. The number of nitrogen functional groups attached to an aromatic ring is 1. The zero-order chi connectivity index (χ0) is 16.8. The van der Waals surface area contributed by atoms with E-state index in [2.05, 4.69) is 21.7 Å². The fourth-order valence-corrected chi connectivity index (χ4v) is 3.70. The van der Waals surface area contributed by atoms with Gasteiger partial charge in [0.1, 0.15) is 5.82 Å². The van der Waals surface area contributed by atoms with Gasteiger partial charge in [0, 0.05) is 34.8 Å². The van der Waals surface area contributed by atoms with E-state index in [1.165, 1.54) is 17.0 Å². The minimum atomic E-state index is -0.190. The van der Waals surface area contributed by atoms with Gasteiger partial charge in [-0.15, -0.1) is 11.8 Å². The van der Waals surface area contributed by atoms with Gasteiger partial charge in [0.25, 0.3) is 0 Å². The van der Waals surface area contributed by atoms with E-state index < -0.39 is 0 Å². The Morgan fingerprint density at radius 2 is 1.83 bits per heavy atom. The fourth-order valence-electron chi connectivity index (χ4n) is 2.53. The molecule has 0 saturated carbocycles. The second kappa shape index (κ2) is 8.02. The van der Waals surface area contributed by atoms with E-state index in [0.29, 0.717) is 5.25 Å². The number of anilines is 1. The fraction of sp³-hybridized carbons (Fsp3) is 0.211. The molecule has 0 aliphatic carbocycles. The first-order valence-corrected chi connectivity index (χ1v) is 8.79. The number of rotatable bonds is 7. The van der Waals surface area contributed by atoms with E-state index >= 15 is 0 Å². The van der Waals surface area contributed by atoms with Gasteiger partial charge in [-0.25, -0.2) is 9.37 Å². The van der Waals surface area contributed by atoms with Crippen molar-refractivity contribution in [3.8, 4) is 0 Å². The summed E-state index contributed by atoms with van der Waals surface area (Å²) in [6, 6.07) is 14.7. The molecule has 124 valence electrons. The molecule has 0 fully saturated rings. The third kappa shape index (κ3) is 4.86. The largest absolute Gasteiger partial charge is 0.399 e. The van der Waals surface area contributed by atoms with Crippen LogP contribution in [0.4, 0.5) is 10.1 Å². The van der Waals surface area contributed by atoms with Gasteiger partial charge >= 0.3 is 0 Å². The van der Waals surface area contributed by atoms with E-state index in [-0.39, 0.29) is 5.82 Å². The second-order valence-electron chi connectivity index (χ2n) is 5.73. The van der Waals surface area contributed by atoms with Crippen LogP contribution in [0, 0.1) is 5.82 Å². The number of aryl methyl sites for hydroxylation is 1. The van der Waals surface area contributed by atoms with Crippen LogP contribution in [-0.4, -0.2) is 14.8 Å². The van der Waals surface area contributed by atoms with Crippen molar-refractivity contribution in [3.63, 3.8) is 0 Å². The van der Waals surface area contributed by atoms with Crippen LogP contribution in [0.1, 0.15) is 12.0 Å². The van der Waals surface area contributed by atoms with E-state index in [4.69, 9.17) is 5.73 Å². The molecule has 0 radical (unpaired) electrons. The monoisotopic (exact) mass is 341 g/mol. The normalized spacial score (nSPS) is 12.2. The number of hydrogen-bond donors (Lipinski definition) is 1. The Kier molecular flexibility index (Phi) is 5.54. The predicted molar refractivity (Wildman–Crippen MR) is 97.4 cm³/mol. The summed E-state index contributed by atoms with van der Waals surface area (Å²) in [5, 5.41) is 0.396. The van der Waals surface area contributed by atoms with Crippen molar-refractivity contribution >= 4 is 17.4 Å². The molecule has 1 aromatic heterocycles. The van der Waals surface area contributed by atoms with Crippen LogP contribution >= 0.6 is 11.8 Å². The van der Waals surface area contributed by atoms with Gasteiger partial charge in [-0.3, -0.25) is 0 Å². The van der Waals surface area contributed by atoms with Crippen molar-refractivity contribution < 1.29 is 4.39 Å². The standard InChI is InChI=1S/C19H20FN3S/c20-16-4-1-15(2-5-16)3-8-19(13-23-12-11-22-14-23)24-18-9-6-17(21)7-10-18/h1-2,4-7,9-12,14,19H,3,8,13,21H2. The summed E-state index contributed by atoms with van der Waals surface area (Å²) < 4.78 is 15.1. The van der Waals surface area contributed by atoms with Crippen LogP contribution in [0.15, 0.2) is 72.1 Å². The molecule has 0 saturated heterocycles. The van der Waals surface area contributed by atoms with Crippen molar-refractivity contribution in [2.75, 3.05) is 5.73 Å². The number of nitrogens with zero attached hydrogens (tertiary/aromatic N) is 2. The van der Waals surface area contributed by atoms with Gasteiger partial charge in [0.2, 0.25) is 0 Å². The van der Waals surface area contributed by atoms with Crippen LogP contribution in [0.2, 0.25) is 0 Å². The lowest BCUT2D eigenvalue weighted by Crippen LogP contribution is -2.13. The zero-order valence-corrected chi connectivity index (χ0v) is 14.1. The topological polar surface area (TPSA) is 43.8 Å². The molecule has 0 bridgehead atoms. The van der Waals surface area contributed by atoms with Gasteiger partial charge in [-0.2, -0.15) is 0 Å². The van der Waals surface area contributed by atoms with Crippen molar-refractivity contribution in [2.24, 2.45) is 0 Å². The lowest BCUT2D eigenvalue weighted by Gasteiger charge is -2.17. The van der Waals surface area contributed by atoms with Crippen molar-refractivity contribution in [1.29, 1.82) is 0 Å². The summed E-state index contributed by atoms with van der Waals surface area (Å²) >= 11 is 1.84. The zero-order valence-electron chi connectivity index (χ0n) is 13.3. The van der Waals surface area contributed by atoms with Gasteiger partial charge in [-0.05, 0) is 54.8 Å². The van der Waals surface area contributed by atoms with Crippen molar-refractivity contribution in [3.05, 3.63) is 78.6 Å². The van der Waals surface area contributed by atoms with Crippen LogP contribution in [-0.2, 0) is 13.0 Å². The SMILES string of the molecule is Nc1ccc(SC(CCc2ccc(F)cc2)Cn2ccnc2)cc1. The molecule has 3 rings (SSSR count). The van der Waals surface area contributed by atoms with Crippen molar-refractivity contribution in [1.82, 2.24) is 9.55 Å². The number of thioether (sulfide) groups is 1. The molecule has 1 atom stereocenters. The van der Waals surface area contributed by atoms with Crippen molar-refractivity contribution in [2.45, 2.75) is 29.5 Å².